The van der Waals surface area contributed by atoms with E-state index in [2.05, 4.69) is 4.98 Å². The van der Waals surface area contributed by atoms with Gasteiger partial charge in [-0.1, -0.05) is 0 Å². The van der Waals surface area contributed by atoms with Crippen molar-refractivity contribution in [2.75, 3.05) is 0 Å². The van der Waals surface area contributed by atoms with Crippen LogP contribution in [0.2, 0.25) is 0 Å². The number of aryl methyl sites for hydroxylation is 1. The Balaban J connectivity index is 2.25. The normalized spacial score (nSPS) is 14.2. The number of aromatic nitrogens is 1. The van der Waals surface area contributed by atoms with Crippen LogP contribution >= 0.6 is 0 Å². The zero-order valence-corrected chi connectivity index (χ0v) is 10.8. The summed E-state index contributed by atoms with van der Waals surface area (Å²) in [6, 6.07) is 3.45. The third-order valence-electron chi connectivity index (χ3n) is 3.71. The summed E-state index contributed by atoms with van der Waals surface area (Å²) in [7, 11) is 0. The van der Waals surface area contributed by atoms with Gasteiger partial charge < -0.3 is 9.40 Å². The lowest BCUT2D eigenvalue weighted by Gasteiger charge is -2.19. The van der Waals surface area contributed by atoms with E-state index in [0.29, 0.717) is 17.8 Å². The second-order valence-corrected chi connectivity index (χ2v) is 4.94. The van der Waals surface area contributed by atoms with E-state index in [0.717, 1.165) is 48.1 Å². The molecule has 2 aromatic rings. The van der Waals surface area contributed by atoms with E-state index < -0.39 is 0 Å². The summed E-state index contributed by atoms with van der Waals surface area (Å²) >= 11 is 0. The molecule has 0 aliphatic heterocycles. The SMILES string of the molecule is Cc1[nH]c(=O)c2c(c1-c1ccc(C=O)o1)CCCC2. The lowest BCUT2D eigenvalue weighted by Crippen LogP contribution is -2.21. The van der Waals surface area contributed by atoms with Crippen LogP contribution in [0.15, 0.2) is 21.3 Å². The average Bonchev–Trinajstić information content (AvgIpc) is 2.87. The molecule has 2 aromatic heterocycles. The molecule has 1 N–H and O–H groups in total. The Bertz CT molecular complexity index is 694. The molecule has 4 nitrogen and oxygen atoms in total. The second kappa shape index (κ2) is 4.53. The molecule has 4 heteroatoms. The van der Waals surface area contributed by atoms with Crippen LogP contribution in [0.5, 0.6) is 0 Å². The molecule has 0 spiro atoms. The van der Waals surface area contributed by atoms with Crippen molar-refractivity contribution in [3.63, 3.8) is 0 Å². The summed E-state index contributed by atoms with van der Waals surface area (Å²) in [5, 5.41) is 0. The van der Waals surface area contributed by atoms with Crippen LogP contribution < -0.4 is 5.56 Å². The number of hydrogen-bond acceptors (Lipinski definition) is 3. The molecule has 1 aliphatic carbocycles. The number of pyridine rings is 1. The van der Waals surface area contributed by atoms with Gasteiger partial charge >= 0.3 is 0 Å². The van der Waals surface area contributed by atoms with Crippen molar-refractivity contribution >= 4 is 6.29 Å². The molecule has 0 saturated carbocycles. The van der Waals surface area contributed by atoms with Crippen molar-refractivity contribution in [1.82, 2.24) is 4.98 Å². The minimum Gasteiger partial charge on any atom is -0.453 e. The molecule has 0 fully saturated rings. The highest BCUT2D eigenvalue weighted by atomic mass is 16.3. The quantitative estimate of drug-likeness (QED) is 0.841. The Labute approximate surface area is 110 Å². The van der Waals surface area contributed by atoms with Crippen molar-refractivity contribution in [3.05, 3.63) is 45.1 Å². The van der Waals surface area contributed by atoms with Gasteiger partial charge in [-0.25, -0.2) is 0 Å². The highest BCUT2D eigenvalue weighted by Gasteiger charge is 2.21. The molecule has 0 aromatic carbocycles. The van der Waals surface area contributed by atoms with Gasteiger partial charge in [-0.05, 0) is 50.3 Å². The predicted octanol–water partition coefficient (Wildman–Crippen LogP) is 2.63. The first kappa shape index (κ1) is 12.0. The monoisotopic (exact) mass is 257 g/mol. The van der Waals surface area contributed by atoms with E-state index in [9.17, 15) is 9.59 Å². The molecule has 0 saturated heterocycles. The summed E-state index contributed by atoms with van der Waals surface area (Å²) in [6.07, 6.45) is 4.54. The molecule has 0 atom stereocenters. The summed E-state index contributed by atoms with van der Waals surface area (Å²) in [5.41, 5.74) is 3.72. The van der Waals surface area contributed by atoms with Gasteiger partial charge in [0, 0.05) is 16.8 Å². The maximum absolute atomic E-state index is 12.0. The number of nitrogens with one attached hydrogen (secondary N) is 1. The number of aromatic amines is 1. The maximum atomic E-state index is 12.0. The number of carbonyl (C=O) groups excluding carboxylic acids is 1. The molecular weight excluding hydrogens is 242 g/mol. The largest absolute Gasteiger partial charge is 0.453 e. The predicted molar refractivity (Wildman–Crippen MR) is 71.5 cm³/mol. The van der Waals surface area contributed by atoms with E-state index >= 15 is 0 Å². The van der Waals surface area contributed by atoms with Gasteiger partial charge in [0.1, 0.15) is 5.76 Å². The fourth-order valence-electron chi connectivity index (χ4n) is 2.85. The number of furan rings is 1. The second-order valence-electron chi connectivity index (χ2n) is 4.94. The molecule has 0 radical (unpaired) electrons. The molecule has 1 aliphatic rings. The Kier molecular flexibility index (Phi) is 2.85. The Morgan fingerprint density at radius 1 is 1.21 bits per heavy atom. The summed E-state index contributed by atoms with van der Waals surface area (Å²) in [4.78, 5) is 25.6. The molecule has 0 unspecified atom stereocenters. The summed E-state index contributed by atoms with van der Waals surface area (Å²) < 4.78 is 5.52. The van der Waals surface area contributed by atoms with Crippen molar-refractivity contribution in [3.8, 4) is 11.3 Å². The summed E-state index contributed by atoms with van der Waals surface area (Å²) in [5.74, 6) is 0.971. The van der Waals surface area contributed by atoms with Gasteiger partial charge in [0.15, 0.2) is 12.0 Å². The lowest BCUT2D eigenvalue weighted by molar-refractivity contribution is 0.110. The van der Waals surface area contributed by atoms with Crippen molar-refractivity contribution in [2.24, 2.45) is 0 Å². The molecule has 3 rings (SSSR count). The third kappa shape index (κ3) is 1.93. The fraction of sp³-hybridized carbons (Fsp3) is 0.333. The third-order valence-corrected chi connectivity index (χ3v) is 3.71. The van der Waals surface area contributed by atoms with Crippen LogP contribution in [-0.4, -0.2) is 11.3 Å². The smallest absolute Gasteiger partial charge is 0.251 e. The lowest BCUT2D eigenvalue weighted by atomic mass is 9.88. The molecule has 2 heterocycles. The highest BCUT2D eigenvalue weighted by molar-refractivity contribution is 5.74. The van der Waals surface area contributed by atoms with Crippen LogP contribution in [0.1, 0.15) is 40.2 Å². The first-order valence-electron chi connectivity index (χ1n) is 6.50. The number of carbonyl (C=O) groups is 1. The first-order chi connectivity index (χ1) is 9.20. The van der Waals surface area contributed by atoms with Crippen LogP contribution in [0.4, 0.5) is 0 Å². The van der Waals surface area contributed by atoms with Crippen molar-refractivity contribution in [2.45, 2.75) is 32.6 Å². The fourth-order valence-corrected chi connectivity index (χ4v) is 2.85. The number of H-pyrrole nitrogens is 1. The van der Waals surface area contributed by atoms with Gasteiger partial charge in [-0.3, -0.25) is 9.59 Å². The van der Waals surface area contributed by atoms with Crippen LogP contribution in [-0.2, 0) is 12.8 Å². The Morgan fingerprint density at radius 2 is 1.95 bits per heavy atom. The molecule has 19 heavy (non-hydrogen) atoms. The number of rotatable bonds is 2. The molecule has 98 valence electrons. The van der Waals surface area contributed by atoms with E-state index in [1.54, 1.807) is 12.1 Å². The van der Waals surface area contributed by atoms with E-state index in [1.165, 1.54) is 0 Å². The van der Waals surface area contributed by atoms with Crippen LogP contribution in [0.3, 0.4) is 0 Å². The van der Waals surface area contributed by atoms with E-state index in [-0.39, 0.29) is 5.56 Å². The Morgan fingerprint density at radius 3 is 2.63 bits per heavy atom. The minimum atomic E-state index is 0.0121. The van der Waals surface area contributed by atoms with Gasteiger partial charge in [0.05, 0.1) is 0 Å². The number of hydrogen-bond donors (Lipinski definition) is 1. The minimum absolute atomic E-state index is 0.0121. The molecular formula is C15H15NO3. The van der Waals surface area contributed by atoms with Crippen LogP contribution in [0, 0.1) is 6.92 Å². The number of aldehydes is 1. The first-order valence-corrected chi connectivity index (χ1v) is 6.50. The zero-order valence-electron chi connectivity index (χ0n) is 10.8. The zero-order chi connectivity index (χ0) is 13.4. The standard InChI is InChI=1S/C15H15NO3/c1-9-14(13-7-6-10(8-17)19-13)11-4-2-3-5-12(11)15(18)16-9/h6-8H,2-5H2,1H3,(H,16,18). The van der Waals surface area contributed by atoms with Crippen molar-refractivity contribution in [1.29, 1.82) is 0 Å². The van der Waals surface area contributed by atoms with Crippen molar-refractivity contribution < 1.29 is 9.21 Å². The Hall–Kier alpha value is -2.10. The maximum Gasteiger partial charge on any atom is 0.251 e. The van der Waals surface area contributed by atoms with E-state index in [4.69, 9.17) is 4.42 Å². The topological polar surface area (TPSA) is 63.1 Å². The van der Waals surface area contributed by atoms with Gasteiger partial charge in [-0.2, -0.15) is 0 Å². The highest BCUT2D eigenvalue weighted by Crippen LogP contribution is 2.32. The average molecular weight is 257 g/mol. The van der Waals surface area contributed by atoms with E-state index in [1.807, 2.05) is 6.92 Å². The molecule has 0 amide bonds. The van der Waals surface area contributed by atoms with Gasteiger partial charge in [0.25, 0.3) is 5.56 Å². The van der Waals surface area contributed by atoms with Gasteiger partial charge in [0.2, 0.25) is 0 Å². The summed E-state index contributed by atoms with van der Waals surface area (Å²) in [6.45, 7) is 1.87. The van der Waals surface area contributed by atoms with Gasteiger partial charge in [-0.15, -0.1) is 0 Å². The molecule has 0 bridgehead atoms. The number of fused-ring (bicyclic) bond motifs is 1. The van der Waals surface area contributed by atoms with Crippen LogP contribution in [0.25, 0.3) is 11.3 Å².